The van der Waals surface area contributed by atoms with Crippen LogP contribution in [0.1, 0.15) is 34.1 Å². The van der Waals surface area contributed by atoms with Crippen molar-refractivity contribution in [3.63, 3.8) is 0 Å². The van der Waals surface area contributed by atoms with E-state index in [9.17, 15) is 10.1 Å². The van der Waals surface area contributed by atoms with Gasteiger partial charge in [-0.2, -0.15) is 5.26 Å². The maximum atomic E-state index is 13.5. The molecule has 0 amide bonds. The number of nitrogens with two attached hydrogens (primary N) is 1. The molecular weight excluding hydrogens is 492 g/mol. The van der Waals surface area contributed by atoms with Crippen molar-refractivity contribution in [2.45, 2.75) is 11.8 Å². The first-order valence-corrected chi connectivity index (χ1v) is 12.3. The maximum absolute atomic E-state index is 13.5. The molecular formula is C32H26N2O5. The summed E-state index contributed by atoms with van der Waals surface area (Å²) in [6.45, 7) is 0. The fraction of sp³-hybridized carbons (Fsp3) is 0.125. The number of nitrogens with zero attached hydrogens (tertiary/aromatic N) is 1. The number of carbonyl (C=O) groups excluding carboxylic acids is 1. The topological polar surface area (TPSA) is 104 Å². The second kappa shape index (κ2) is 11.0. The van der Waals surface area contributed by atoms with Crippen molar-refractivity contribution in [3.05, 3.63) is 131 Å². The van der Waals surface area contributed by atoms with Gasteiger partial charge < -0.3 is 24.7 Å². The van der Waals surface area contributed by atoms with Crippen molar-refractivity contribution >= 4 is 5.97 Å². The molecule has 1 aliphatic rings. The molecule has 1 unspecified atom stereocenters. The molecule has 0 aliphatic carbocycles. The molecule has 194 valence electrons. The zero-order valence-electron chi connectivity index (χ0n) is 21.5. The van der Waals surface area contributed by atoms with Crippen LogP contribution in [-0.2, 0) is 4.79 Å². The second-order valence-electron chi connectivity index (χ2n) is 8.91. The number of allylic oxidation sites excluding steroid dienone is 1. The number of rotatable bonds is 7. The minimum absolute atomic E-state index is 0.0252. The lowest BCUT2D eigenvalue weighted by molar-refractivity contribution is -0.135. The van der Waals surface area contributed by atoms with Gasteiger partial charge in [-0.25, -0.2) is 0 Å². The molecule has 39 heavy (non-hydrogen) atoms. The fourth-order valence-corrected chi connectivity index (χ4v) is 4.81. The van der Waals surface area contributed by atoms with Crippen LogP contribution in [0.3, 0.4) is 0 Å². The maximum Gasteiger partial charge on any atom is 0.323 e. The smallest absolute Gasteiger partial charge is 0.323 e. The molecule has 0 fully saturated rings. The minimum Gasteiger partial charge on any atom is -0.497 e. The molecule has 0 radical (unpaired) electrons. The number of hydrogen-bond donors (Lipinski definition) is 1. The van der Waals surface area contributed by atoms with Crippen molar-refractivity contribution in [3.8, 4) is 29.1 Å². The normalized spacial score (nSPS) is 14.2. The van der Waals surface area contributed by atoms with Crippen LogP contribution in [0.25, 0.3) is 0 Å². The van der Waals surface area contributed by atoms with Gasteiger partial charge in [-0.1, -0.05) is 72.8 Å². The molecule has 4 aromatic carbocycles. The van der Waals surface area contributed by atoms with Crippen LogP contribution in [0.4, 0.5) is 0 Å². The summed E-state index contributed by atoms with van der Waals surface area (Å²) < 4.78 is 22.6. The van der Waals surface area contributed by atoms with Crippen LogP contribution in [0.15, 0.2) is 109 Å². The summed E-state index contributed by atoms with van der Waals surface area (Å²) in [5.41, 5.74) is 9.50. The summed E-state index contributed by atoms with van der Waals surface area (Å²) in [7, 11) is 3.12. The Bertz CT molecular complexity index is 1540. The number of ether oxygens (including phenoxy) is 4. The average Bonchev–Trinajstić information content (AvgIpc) is 2.97. The molecule has 1 heterocycles. The largest absolute Gasteiger partial charge is 0.497 e. The number of hydrogen-bond acceptors (Lipinski definition) is 7. The minimum atomic E-state index is -0.615. The van der Waals surface area contributed by atoms with Crippen molar-refractivity contribution < 1.29 is 23.7 Å². The van der Waals surface area contributed by atoms with E-state index in [0.717, 1.165) is 16.7 Å². The van der Waals surface area contributed by atoms with Gasteiger partial charge in [0.15, 0.2) is 0 Å². The van der Waals surface area contributed by atoms with Gasteiger partial charge in [-0.15, -0.1) is 0 Å². The number of nitriles is 1. The van der Waals surface area contributed by atoms with E-state index in [1.807, 2.05) is 66.7 Å². The Morgan fingerprint density at radius 1 is 0.846 bits per heavy atom. The lowest BCUT2D eigenvalue weighted by Gasteiger charge is -2.28. The molecule has 1 aliphatic heterocycles. The Labute approximate surface area is 226 Å². The van der Waals surface area contributed by atoms with Crippen LogP contribution < -0.4 is 24.7 Å². The number of fused-ring (bicyclic) bond motifs is 1. The summed E-state index contributed by atoms with van der Waals surface area (Å²) in [5.74, 6) is 0.214. The van der Waals surface area contributed by atoms with Gasteiger partial charge in [0, 0.05) is 23.3 Å². The quantitative estimate of drug-likeness (QED) is 0.249. The summed E-state index contributed by atoms with van der Waals surface area (Å²) >= 11 is 0. The predicted octanol–water partition coefficient (Wildman–Crippen LogP) is 5.66. The van der Waals surface area contributed by atoms with Gasteiger partial charge in [0.05, 0.1) is 20.1 Å². The average molecular weight is 519 g/mol. The molecule has 7 nitrogen and oxygen atoms in total. The van der Waals surface area contributed by atoms with Gasteiger partial charge in [0.2, 0.25) is 5.88 Å². The first-order valence-electron chi connectivity index (χ1n) is 12.3. The molecule has 2 N–H and O–H groups in total. The van der Waals surface area contributed by atoms with Crippen molar-refractivity contribution in [2.24, 2.45) is 5.73 Å². The third-order valence-corrected chi connectivity index (χ3v) is 6.66. The summed E-state index contributed by atoms with van der Waals surface area (Å²) in [6.07, 6.45) is 0. The van der Waals surface area contributed by atoms with E-state index < -0.39 is 17.8 Å². The van der Waals surface area contributed by atoms with Crippen LogP contribution in [0.2, 0.25) is 0 Å². The Kier molecular flexibility index (Phi) is 7.19. The molecule has 1 atom stereocenters. The molecule has 0 saturated carbocycles. The highest BCUT2D eigenvalue weighted by Crippen LogP contribution is 2.46. The molecule has 0 aromatic heterocycles. The summed E-state index contributed by atoms with van der Waals surface area (Å²) in [4.78, 5) is 13.5. The van der Waals surface area contributed by atoms with Gasteiger partial charge in [0.1, 0.15) is 40.6 Å². The third kappa shape index (κ3) is 5.00. The number of benzene rings is 4. The zero-order chi connectivity index (χ0) is 27.4. The van der Waals surface area contributed by atoms with E-state index >= 15 is 0 Å². The number of esters is 1. The lowest BCUT2D eigenvalue weighted by atomic mass is 9.83. The molecule has 0 bridgehead atoms. The van der Waals surface area contributed by atoms with Crippen LogP contribution in [-0.4, -0.2) is 20.2 Å². The first kappa shape index (κ1) is 25.4. The zero-order valence-corrected chi connectivity index (χ0v) is 21.5. The molecule has 4 aromatic rings. The number of carbonyl (C=O) groups is 1. The van der Waals surface area contributed by atoms with E-state index in [4.69, 9.17) is 24.7 Å². The molecule has 0 saturated heterocycles. The van der Waals surface area contributed by atoms with Gasteiger partial charge in [-0.3, -0.25) is 4.79 Å². The predicted molar refractivity (Wildman–Crippen MR) is 146 cm³/mol. The summed E-state index contributed by atoms with van der Waals surface area (Å²) in [6, 6.07) is 31.6. The molecule has 5 rings (SSSR count). The van der Waals surface area contributed by atoms with Gasteiger partial charge in [0.25, 0.3) is 0 Å². The van der Waals surface area contributed by atoms with Crippen molar-refractivity contribution in [2.75, 3.05) is 14.2 Å². The van der Waals surface area contributed by atoms with Crippen LogP contribution in [0.5, 0.6) is 23.0 Å². The van der Waals surface area contributed by atoms with Crippen LogP contribution in [0, 0.1) is 11.3 Å². The molecule has 0 spiro atoms. The van der Waals surface area contributed by atoms with E-state index in [1.165, 1.54) is 0 Å². The molecule has 7 heteroatoms. The highest BCUT2D eigenvalue weighted by Gasteiger charge is 2.33. The second-order valence-corrected chi connectivity index (χ2v) is 8.91. The van der Waals surface area contributed by atoms with E-state index in [-0.39, 0.29) is 11.5 Å². The Hall–Kier alpha value is -5.22. The number of methoxy groups -OCH3 is 2. The van der Waals surface area contributed by atoms with E-state index in [0.29, 0.717) is 28.6 Å². The van der Waals surface area contributed by atoms with Crippen LogP contribution >= 0.6 is 0 Å². The van der Waals surface area contributed by atoms with E-state index in [1.54, 1.807) is 44.6 Å². The van der Waals surface area contributed by atoms with Crippen molar-refractivity contribution in [1.82, 2.24) is 0 Å². The van der Waals surface area contributed by atoms with Gasteiger partial charge in [-0.05, 0) is 23.3 Å². The summed E-state index contributed by atoms with van der Waals surface area (Å²) in [5, 5.41) is 9.93. The standard InChI is InChI=1S/C32H26N2O5/c1-36-22-13-15-24(27(17-22)37-2)30-25-16-14-23(18-28(25)39-31(34)26(30)19-33)38-32(35)29(20-9-5-3-6-10-20)21-11-7-4-8-12-21/h3-18,29-30H,34H2,1-2H3. The fourth-order valence-electron chi connectivity index (χ4n) is 4.81. The van der Waals surface area contributed by atoms with Gasteiger partial charge >= 0.3 is 5.97 Å². The lowest BCUT2D eigenvalue weighted by Crippen LogP contribution is -2.22. The van der Waals surface area contributed by atoms with Crippen molar-refractivity contribution in [1.29, 1.82) is 5.26 Å². The third-order valence-electron chi connectivity index (χ3n) is 6.66. The monoisotopic (exact) mass is 518 g/mol. The first-order chi connectivity index (χ1) is 19.0. The highest BCUT2D eigenvalue weighted by molar-refractivity contribution is 5.84. The Balaban J connectivity index is 1.51. The highest BCUT2D eigenvalue weighted by atomic mass is 16.5. The SMILES string of the molecule is COc1ccc(C2C(C#N)=C(N)Oc3cc(OC(=O)C(c4ccccc4)c4ccccc4)ccc32)c(OC)c1. The Morgan fingerprint density at radius 2 is 1.46 bits per heavy atom. The van der Waals surface area contributed by atoms with E-state index in [2.05, 4.69) is 6.07 Å². The Morgan fingerprint density at radius 3 is 2.05 bits per heavy atom.